The first kappa shape index (κ1) is 25.6. The van der Waals surface area contributed by atoms with Gasteiger partial charge in [-0.1, -0.05) is 52.2 Å². The zero-order valence-corrected chi connectivity index (χ0v) is 20.9. The number of amides is 1. The molecule has 0 saturated carbocycles. The summed E-state index contributed by atoms with van der Waals surface area (Å²) in [7, 11) is 2.53. The Labute approximate surface area is 210 Å². The van der Waals surface area contributed by atoms with E-state index in [-0.39, 0.29) is 30.3 Å². The van der Waals surface area contributed by atoms with Crippen molar-refractivity contribution in [2.45, 2.75) is 50.2 Å². The molecule has 2 N–H and O–H groups in total. The van der Waals surface area contributed by atoms with Crippen LogP contribution in [0.3, 0.4) is 0 Å². The smallest absolute Gasteiger partial charge is 0.391 e. The van der Waals surface area contributed by atoms with Crippen LogP contribution in [0.5, 0.6) is 0 Å². The van der Waals surface area contributed by atoms with Crippen molar-refractivity contribution < 1.29 is 32.4 Å². The lowest BCUT2D eigenvalue weighted by molar-refractivity contribution is -0.284. The lowest BCUT2D eigenvalue weighted by Crippen LogP contribution is -2.57. The fourth-order valence-electron chi connectivity index (χ4n) is 4.46. The van der Waals surface area contributed by atoms with Gasteiger partial charge in [0.1, 0.15) is 18.8 Å². The van der Waals surface area contributed by atoms with Crippen molar-refractivity contribution in [2.24, 2.45) is 11.1 Å². The van der Waals surface area contributed by atoms with E-state index in [1.807, 2.05) is 21.6 Å². The molecule has 2 aliphatic rings. The summed E-state index contributed by atoms with van der Waals surface area (Å²) in [6.07, 6.45) is -5.79. The van der Waals surface area contributed by atoms with E-state index < -0.39 is 35.9 Å². The SMILES string of the molecule is BBc1cc(C(C(=O)N2C[C@H](O)C[C@H]2C2=NOC(c3ccc(Br)cc3)(C(F)(F)F)N2)C(C)C)on1. The van der Waals surface area contributed by atoms with Gasteiger partial charge in [-0.05, 0) is 24.1 Å². The molecule has 4 atom stereocenters. The van der Waals surface area contributed by atoms with E-state index in [2.05, 4.69) is 31.6 Å². The number of likely N-dealkylation sites (tertiary alicyclic amines) is 1. The predicted molar refractivity (Wildman–Crippen MR) is 129 cm³/mol. The van der Waals surface area contributed by atoms with Gasteiger partial charge in [-0.3, -0.25) is 4.79 Å². The third-order valence-electron chi connectivity index (χ3n) is 6.29. The number of oxime groups is 1. The van der Waals surface area contributed by atoms with Crippen molar-refractivity contribution in [1.29, 1.82) is 0 Å². The minimum absolute atomic E-state index is 0.0106. The number of aliphatic hydroxyl groups excluding tert-OH is 1. The molecule has 35 heavy (non-hydrogen) atoms. The average Bonchev–Trinajstić information content (AvgIpc) is 3.52. The maximum Gasteiger partial charge on any atom is 0.456 e. The first-order chi connectivity index (χ1) is 16.5. The van der Waals surface area contributed by atoms with Crippen molar-refractivity contribution in [2.75, 3.05) is 6.54 Å². The largest absolute Gasteiger partial charge is 0.456 e. The monoisotopic (exact) mass is 554 g/mol. The Kier molecular flexibility index (Phi) is 6.98. The third-order valence-corrected chi connectivity index (χ3v) is 6.82. The molecule has 1 amide bonds. The van der Waals surface area contributed by atoms with E-state index in [9.17, 15) is 23.1 Å². The van der Waals surface area contributed by atoms with Crippen molar-refractivity contribution in [3.63, 3.8) is 0 Å². The summed E-state index contributed by atoms with van der Waals surface area (Å²) in [5.74, 6) is -1.11. The molecule has 1 aromatic carbocycles. The number of carbonyl (C=O) groups excluding carboxylic acids is 1. The molecule has 1 fully saturated rings. The number of amidine groups is 1. The second-order valence-electron chi connectivity index (χ2n) is 9.07. The highest BCUT2D eigenvalue weighted by Crippen LogP contribution is 2.44. The number of rotatable bonds is 6. The molecule has 4 rings (SSSR count). The number of halogens is 4. The average molecular weight is 555 g/mol. The maximum atomic E-state index is 14.3. The Morgan fingerprint density at radius 3 is 2.63 bits per heavy atom. The molecule has 0 spiro atoms. The summed E-state index contributed by atoms with van der Waals surface area (Å²) < 4.78 is 48.8. The number of aliphatic hydroxyl groups is 1. The number of β-amino-alcohol motifs (C(OH)–C–C–N with tert-alkyl or cyclic N) is 1. The second-order valence-corrected chi connectivity index (χ2v) is 9.99. The van der Waals surface area contributed by atoms with Gasteiger partial charge < -0.3 is 24.7 Å². The van der Waals surface area contributed by atoms with Crippen LogP contribution in [0.1, 0.15) is 37.5 Å². The van der Waals surface area contributed by atoms with Crippen molar-refractivity contribution in [3.05, 3.63) is 46.1 Å². The van der Waals surface area contributed by atoms with E-state index in [1.165, 1.54) is 29.2 Å². The van der Waals surface area contributed by atoms with E-state index in [1.54, 1.807) is 6.07 Å². The molecule has 3 heterocycles. The fraction of sp³-hybridized carbons (Fsp3) is 0.476. The molecule has 2 aliphatic heterocycles. The molecule has 14 heteroatoms. The van der Waals surface area contributed by atoms with Crippen molar-refractivity contribution >= 4 is 48.2 Å². The number of aromatic nitrogens is 1. The Balaban J connectivity index is 1.63. The second kappa shape index (κ2) is 9.53. The predicted octanol–water partition coefficient (Wildman–Crippen LogP) is 1.10. The third kappa shape index (κ3) is 4.69. The summed E-state index contributed by atoms with van der Waals surface area (Å²) in [6, 6.07) is 6.26. The first-order valence-corrected chi connectivity index (χ1v) is 12.1. The van der Waals surface area contributed by atoms with Gasteiger partial charge in [0.05, 0.1) is 19.9 Å². The molecule has 1 aromatic heterocycles. The highest BCUT2D eigenvalue weighted by Gasteiger charge is 2.64. The number of carbonyl (C=O) groups is 1. The zero-order chi connectivity index (χ0) is 25.5. The Hall–Kier alpha value is -2.47. The fourth-order valence-corrected chi connectivity index (χ4v) is 4.72. The molecule has 0 radical (unpaired) electrons. The van der Waals surface area contributed by atoms with Crippen LogP contribution in [0, 0.1) is 5.92 Å². The molecule has 1 saturated heterocycles. The molecule has 2 unspecified atom stereocenters. The van der Waals surface area contributed by atoms with Crippen LogP contribution in [0.2, 0.25) is 0 Å². The van der Waals surface area contributed by atoms with Gasteiger partial charge in [0.2, 0.25) is 5.91 Å². The lowest BCUT2D eigenvalue weighted by Gasteiger charge is -2.32. The summed E-state index contributed by atoms with van der Waals surface area (Å²) in [6.45, 7) is 3.63. The maximum absolute atomic E-state index is 14.3. The topological polar surface area (TPSA) is 100 Å². The molecule has 0 aliphatic carbocycles. The van der Waals surface area contributed by atoms with Gasteiger partial charge >= 0.3 is 11.9 Å². The number of benzene rings is 1. The van der Waals surface area contributed by atoms with Crippen molar-refractivity contribution in [3.8, 4) is 0 Å². The molecular weight excluding hydrogens is 531 g/mol. The minimum Gasteiger partial charge on any atom is -0.391 e. The minimum atomic E-state index is -4.87. The van der Waals surface area contributed by atoms with Crippen LogP contribution in [-0.4, -0.2) is 66.7 Å². The zero-order valence-electron chi connectivity index (χ0n) is 19.3. The molecular formula is C21H24B2BrF3N4O4. The molecule has 8 nitrogen and oxygen atoms in total. The molecule has 0 bridgehead atoms. The van der Waals surface area contributed by atoms with E-state index in [0.29, 0.717) is 23.0 Å². The van der Waals surface area contributed by atoms with Crippen LogP contribution in [0.4, 0.5) is 13.2 Å². The van der Waals surface area contributed by atoms with Crippen LogP contribution in [0.25, 0.3) is 0 Å². The number of hydrogen-bond acceptors (Lipinski definition) is 7. The van der Waals surface area contributed by atoms with Gasteiger partial charge in [-0.15, -0.1) is 0 Å². The molecule has 186 valence electrons. The highest BCUT2D eigenvalue weighted by molar-refractivity contribution is 9.10. The number of nitrogens with one attached hydrogen (secondary N) is 1. The standard InChI is InChI=1S/C21H24B2BrF3N4O4/c1-10(2)17(15-8-16(23-22)29-34-15)19(33)31-9-13(32)7-14(31)18-28-20(35-30-18,21(25,26)27)11-3-5-12(24)6-4-11/h3-6,8,10,13-14,17,23,32H,7,9,22H2,1-2H3,(H,28,30)/t13-,14+,17?,20?/m1/s1. The van der Waals surface area contributed by atoms with Gasteiger partial charge in [-0.2, -0.15) is 13.2 Å². The van der Waals surface area contributed by atoms with Gasteiger partial charge in [-0.25, -0.2) is 0 Å². The first-order valence-electron chi connectivity index (χ1n) is 11.3. The Morgan fingerprint density at radius 1 is 1.37 bits per heavy atom. The number of hydrogen-bond donors (Lipinski definition) is 2. The van der Waals surface area contributed by atoms with E-state index in [0.717, 1.165) is 0 Å². The van der Waals surface area contributed by atoms with Gasteiger partial charge in [0.15, 0.2) is 5.84 Å². The summed E-state index contributed by atoms with van der Waals surface area (Å²) >= 11 is 3.21. The Morgan fingerprint density at radius 2 is 2.06 bits per heavy atom. The number of nitrogens with zero attached hydrogens (tertiary/aromatic N) is 3. The lowest BCUT2D eigenvalue weighted by atomic mass is 9.53. The Bertz CT molecular complexity index is 1110. The van der Waals surface area contributed by atoms with Gasteiger partial charge in [0, 0.05) is 28.6 Å². The van der Waals surface area contributed by atoms with Crippen LogP contribution < -0.4 is 10.9 Å². The van der Waals surface area contributed by atoms with Crippen LogP contribution >= 0.6 is 15.9 Å². The highest BCUT2D eigenvalue weighted by atomic mass is 79.9. The summed E-state index contributed by atoms with van der Waals surface area (Å²) in [5, 5.41) is 20.5. The quantitative estimate of drug-likeness (QED) is 0.519. The summed E-state index contributed by atoms with van der Waals surface area (Å²) in [5.41, 5.74) is -2.42. The van der Waals surface area contributed by atoms with Crippen LogP contribution in [-0.2, 0) is 15.4 Å². The summed E-state index contributed by atoms with van der Waals surface area (Å²) in [4.78, 5) is 20.0. The van der Waals surface area contributed by atoms with E-state index in [4.69, 9.17) is 9.36 Å². The molecule has 2 aromatic rings. The van der Waals surface area contributed by atoms with E-state index >= 15 is 0 Å². The van der Waals surface area contributed by atoms with Crippen LogP contribution in [0.15, 0.2) is 44.5 Å². The normalized spacial score (nSPS) is 25.3. The van der Waals surface area contributed by atoms with Gasteiger partial charge in [0.25, 0.3) is 0 Å². The van der Waals surface area contributed by atoms with Crippen molar-refractivity contribution in [1.82, 2.24) is 15.4 Å². The number of alkyl halides is 3.